The summed E-state index contributed by atoms with van der Waals surface area (Å²) in [4.78, 5) is 13.3. The maximum absolute atomic E-state index is 11.0. The van der Waals surface area contributed by atoms with E-state index in [1.807, 2.05) is 24.3 Å². The van der Waals surface area contributed by atoms with Gasteiger partial charge in [0.15, 0.2) is 0 Å². The Morgan fingerprint density at radius 2 is 1.96 bits per heavy atom. The molecule has 7 heteroatoms. The number of carboxylic acid groups (broad SMARTS) is 1. The Kier molecular flexibility index (Phi) is 7.81. The lowest BCUT2D eigenvalue weighted by molar-refractivity contribution is 0.0369. The van der Waals surface area contributed by atoms with Crippen LogP contribution in [0.15, 0.2) is 24.3 Å². The highest BCUT2D eigenvalue weighted by atomic mass is 16.5. The van der Waals surface area contributed by atoms with Gasteiger partial charge in [-0.2, -0.15) is 0 Å². The van der Waals surface area contributed by atoms with Crippen molar-refractivity contribution >= 4 is 11.8 Å². The highest BCUT2D eigenvalue weighted by Crippen LogP contribution is 2.10. The Morgan fingerprint density at radius 1 is 1.25 bits per heavy atom. The number of amides is 1. The number of nitrogens with zero attached hydrogens (tertiary/aromatic N) is 1. The van der Waals surface area contributed by atoms with Crippen LogP contribution in [0.1, 0.15) is 18.4 Å². The van der Waals surface area contributed by atoms with Gasteiger partial charge in [0.1, 0.15) is 0 Å². The molecule has 2 rings (SSSR count). The number of morpholine rings is 1. The van der Waals surface area contributed by atoms with Crippen LogP contribution in [0.25, 0.3) is 0 Å². The molecule has 1 aromatic rings. The van der Waals surface area contributed by atoms with Crippen molar-refractivity contribution in [2.24, 2.45) is 0 Å². The molecule has 134 valence electrons. The van der Waals surface area contributed by atoms with E-state index in [1.165, 1.54) is 0 Å². The molecule has 1 aliphatic heterocycles. The fourth-order valence-corrected chi connectivity index (χ4v) is 2.76. The molecular weight excluding hydrogens is 310 g/mol. The number of carbonyl (C=O) groups is 1. The molecule has 7 nitrogen and oxygen atoms in total. The zero-order valence-electron chi connectivity index (χ0n) is 13.9. The molecule has 1 aromatic carbocycles. The number of hydrogen-bond acceptors (Lipinski definition) is 5. The molecule has 0 aromatic heterocycles. The summed E-state index contributed by atoms with van der Waals surface area (Å²) in [5, 5.41) is 23.9. The molecule has 1 amide bonds. The maximum atomic E-state index is 11.0. The van der Waals surface area contributed by atoms with Crippen molar-refractivity contribution in [1.82, 2.24) is 10.2 Å². The summed E-state index contributed by atoms with van der Waals surface area (Å²) in [5.41, 5.74) is 1.77. The van der Waals surface area contributed by atoms with Gasteiger partial charge in [-0.3, -0.25) is 4.90 Å². The highest BCUT2D eigenvalue weighted by Gasteiger charge is 2.14. The van der Waals surface area contributed by atoms with E-state index in [4.69, 9.17) is 14.9 Å². The molecule has 0 spiro atoms. The predicted octanol–water partition coefficient (Wildman–Crippen LogP) is 1.34. The second-order valence-corrected chi connectivity index (χ2v) is 5.98. The monoisotopic (exact) mass is 337 g/mol. The van der Waals surface area contributed by atoms with Gasteiger partial charge in [-0.15, -0.1) is 0 Å². The van der Waals surface area contributed by atoms with E-state index in [0.29, 0.717) is 6.54 Å². The van der Waals surface area contributed by atoms with E-state index in [9.17, 15) is 4.79 Å². The Bertz CT molecular complexity index is 489. The third kappa shape index (κ3) is 6.74. The Balaban J connectivity index is 1.75. The number of nitrogens with one attached hydrogen (secondary N) is 2. The maximum Gasteiger partial charge on any atom is 0.404 e. The van der Waals surface area contributed by atoms with Crippen LogP contribution in [0.4, 0.5) is 10.5 Å². The minimum Gasteiger partial charge on any atom is -0.465 e. The van der Waals surface area contributed by atoms with Crippen LogP contribution in [-0.4, -0.2) is 66.6 Å². The number of benzene rings is 1. The number of hydrogen-bond donors (Lipinski definition) is 4. The van der Waals surface area contributed by atoms with E-state index in [0.717, 1.165) is 56.9 Å². The molecule has 1 saturated heterocycles. The van der Waals surface area contributed by atoms with Crippen molar-refractivity contribution in [1.29, 1.82) is 0 Å². The fraction of sp³-hybridized carbons (Fsp3) is 0.588. The van der Waals surface area contributed by atoms with Crippen LogP contribution in [0.2, 0.25) is 0 Å². The molecule has 1 unspecified atom stereocenters. The summed E-state index contributed by atoms with van der Waals surface area (Å²) >= 11 is 0. The van der Waals surface area contributed by atoms with Gasteiger partial charge in [-0.25, -0.2) is 4.79 Å². The summed E-state index contributed by atoms with van der Waals surface area (Å²) in [7, 11) is 0. The van der Waals surface area contributed by atoms with E-state index >= 15 is 0 Å². The van der Waals surface area contributed by atoms with Gasteiger partial charge in [0.2, 0.25) is 0 Å². The molecule has 1 atom stereocenters. The van der Waals surface area contributed by atoms with Crippen molar-refractivity contribution in [3.63, 3.8) is 0 Å². The largest absolute Gasteiger partial charge is 0.465 e. The number of ether oxygens (including phenoxy) is 1. The topological polar surface area (TPSA) is 94.1 Å². The third-order valence-corrected chi connectivity index (χ3v) is 4.15. The van der Waals surface area contributed by atoms with E-state index < -0.39 is 6.09 Å². The van der Waals surface area contributed by atoms with Crippen molar-refractivity contribution in [2.75, 3.05) is 44.7 Å². The average Bonchev–Trinajstić information content (AvgIpc) is 2.60. The van der Waals surface area contributed by atoms with Crippen molar-refractivity contribution in [3.8, 4) is 0 Å². The van der Waals surface area contributed by atoms with Crippen LogP contribution in [0.5, 0.6) is 0 Å². The zero-order valence-corrected chi connectivity index (χ0v) is 13.9. The fourth-order valence-electron chi connectivity index (χ4n) is 2.76. The standard InChI is InChI=1S/C17H27N3O4/c21-13-14-3-5-15(6-4-14)18-12-16(19-17(22)23)2-1-7-20-8-10-24-11-9-20/h3-6,16,18-19,21H,1-2,7-13H2,(H,22,23). The molecule has 1 heterocycles. The highest BCUT2D eigenvalue weighted by molar-refractivity contribution is 5.65. The van der Waals surface area contributed by atoms with Crippen LogP contribution in [0, 0.1) is 0 Å². The molecule has 0 radical (unpaired) electrons. The van der Waals surface area contributed by atoms with Crippen LogP contribution < -0.4 is 10.6 Å². The second kappa shape index (κ2) is 10.1. The lowest BCUT2D eigenvalue weighted by Crippen LogP contribution is -2.40. The smallest absolute Gasteiger partial charge is 0.404 e. The third-order valence-electron chi connectivity index (χ3n) is 4.15. The normalized spacial score (nSPS) is 16.5. The molecule has 24 heavy (non-hydrogen) atoms. The van der Waals surface area contributed by atoms with Crippen LogP contribution >= 0.6 is 0 Å². The van der Waals surface area contributed by atoms with Crippen LogP contribution in [-0.2, 0) is 11.3 Å². The van der Waals surface area contributed by atoms with Gasteiger partial charge >= 0.3 is 6.09 Å². The first kappa shape index (κ1) is 18.5. The number of aliphatic hydroxyl groups is 1. The van der Waals surface area contributed by atoms with Gasteiger partial charge in [0.05, 0.1) is 19.8 Å². The Labute approximate surface area is 142 Å². The van der Waals surface area contributed by atoms with Gasteiger partial charge < -0.3 is 25.6 Å². The first-order chi connectivity index (χ1) is 11.7. The van der Waals surface area contributed by atoms with Gasteiger partial charge in [-0.1, -0.05) is 12.1 Å². The number of rotatable bonds is 9. The van der Waals surface area contributed by atoms with Crippen molar-refractivity contribution in [2.45, 2.75) is 25.5 Å². The van der Waals surface area contributed by atoms with Crippen molar-refractivity contribution in [3.05, 3.63) is 29.8 Å². The lowest BCUT2D eigenvalue weighted by atomic mass is 10.1. The quantitative estimate of drug-likeness (QED) is 0.543. The van der Waals surface area contributed by atoms with Gasteiger partial charge in [0.25, 0.3) is 0 Å². The summed E-state index contributed by atoms with van der Waals surface area (Å²) in [6.45, 7) is 4.98. The molecular formula is C17H27N3O4. The molecule has 4 N–H and O–H groups in total. The van der Waals surface area contributed by atoms with Crippen LogP contribution in [0.3, 0.4) is 0 Å². The minimum absolute atomic E-state index is 0.0189. The summed E-state index contributed by atoms with van der Waals surface area (Å²) in [6.07, 6.45) is 0.727. The van der Waals surface area contributed by atoms with E-state index in [2.05, 4.69) is 15.5 Å². The summed E-state index contributed by atoms with van der Waals surface area (Å²) < 4.78 is 5.33. The lowest BCUT2D eigenvalue weighted by Gasteiger charge is -2.27. The summed E-state index contributed by atoms with van der Waals surface area (Å²) in [5.74, 6) is 0. The van der Waals surface area contributed by atoms with Gasteiger partial charge in [-0.05, 0) is 37.1 Å². The zero-order chi connectivity index (χ0) is 17.2. The SMILES string of the molecule is O=C(O)NC(CCCN1CCOCC1)CNc1ccc(CO)cc1. The number of aliphatic hydroxyl groups excluding tert-OH is 1. The predicted molar refractivity (Wildman–Crippen MR) is 92.3 cm³/mol. The van der Waals surface area contributed by atoms with E-state index in [1.54, 1.807) is 0 Å². The average molecular weight is 337 g/mol. The summed E-state index contributed by atoms with van der Waals surface area (Å²) in [6, 6.07) is 7.33. The second-order valence-electron chi connectivity index (χ2n) is 5.98. The molecule has 1 aliphatic rings. The first-order valence-electron chi connectivity index (χ1n) is 8.40. The van der Waals surface area contributed by atoms with Crippen molar-refractivity contribution < 1.29 is 19.7 Å². The number of anilines is 1. The minimum atomic E-state index is -0.996. The molecule has 0 saturated carbocycles. The molecule has 0 bridgehead atoms. The Morgan fingerprint density at radius 3 is 2.58 bits per heavy atom. The van der Waals surface area contributed by atoms with E-state index in [-0.39, 0.29) is 12.6 Å². The first-order valence-corrected chi connectivity index (χ1v) is 8.40. The Hall–Kier alpha value is -1.83. The van der Waals surface area contributed by atoms with Gasteiger partial charge in [0, 0.05) is 31.4 Å². The molecule has 0 aliphatic carbocycles. The molecule has 1 fully saturated rings.